The molecule has 0 atom stereocenters. The molecule has 0 saturated carbocycles. The Bertz CT molecular complexity index is 339. The first-order chi connectivity index (χ1) is 10.4. The number of carbonyl (C=O) groups is 2. The first kappa shape index (κ1) is 20.3. The maximum Gasteiger partial charge on any atom is 0.333 e. The highest BCUT2D eigenvalue weighted by Gasteiger charge is 2.02. The van der Waals surface area contributed by atoms with Gasteiger partial charge >= 0.3 is 11.9 Å². The van der Waals surface area contributed by atoms with Crippen LogP contribution in [-0.4, -0.2) is 51.6 Å². The van der Waals surface area contributed by atoms with E-state index in [1.54, 1.807) is 13.8 Å². The molecule has 0 unspecified atom stereocenters. The van der Waals surface area contributed by atoms with Gasteiger partial charge in [-0.2, -0.15) is 0 Å². The van der Waals surface area contributed by atoms with Crippen LogP contribution in [0.5, 0.6) is 0 Å². The molecule has 6 heteroatoms. The molecule has 0 N–H and O–H groups in total. The largest absolute Gasteiger partial charge is 0.460 e. The minimum atomic E-state index is -0.399. The van der Waals surface area contributed by atoms with Gasteiger partial charge in [-0.25, -0.2) is 9.59 Å². The number of ether oxygens (including phenoxy) is 4. The molecule has 0 aromatic carbocycles. The SMILES string of the molecule is C=C(C)C(=O)OCCOCCCCOCCOC(=O)C(=C)C. The molecule has 0 radical (unpaired) electrons. The molecular weight excluding hydrogens is 288 g/mol. The lowest BCUT2D eigenvalue weighted by Gasteiger charge is -2.07. The van der Waals surface area contributed by atoms with Gasteiger partial charge < -0.3 is 18.9 Å². The van der Waals surface area contributed by atoms with Crippen molar-refractivity contribution in [2.45, 2.75) is 26.7 Å². The maximum atomic E-state index is 11.1. The van der Waals surface area contributed by atoms with E-state index < -0.39 is 11.9 Å². The molecule has 0 amide bonds. The second-order valence-electron chi connectivity index (χ2n) is 4.76. The third kappa shape index (κ3) is 12.1. The van der Waals surface area contributed by atoms with Crippen LogP contribution in [0.4, 0.5) is 0 Å². The summed E-state index contributed by atoms with van der Waals surface area (Å²) < 4.78 is 20.4. The van der Waals surface area contributed by atoms with Gasteiger partial charge in [0.2, 0.25) is 0 Å². The first-order valence-corrected chi connectivity index (χ1v) is 7.26. The van der Waals surface area contributed by atoms with Gasteiger partial charge in [0.25, 0.3) is 0 Å². The summed E-state index contributed by atoms with van der Waals surface area (Å²) >= 11 is 0. The van der Waals surface area contributed by atoms with Crippen LogP contribution in [0.2, 0.25) is 0 Å². The van der Waals surface area contributed by atoms with Crippen LogP contribution >= 0.6 is 0 Å². The number of hydrogen-bond donors (Lipinski definition) is 0. The highest BCUT2D eigenvalue weighted by molar-refractivity contribution is 5.87. The van der Waals surface area contributed by atoms with Crippen LogP contribution in [0.25, 0.3) is 0 Å². The van der Waals surface area contributed by atoms with E-state index in [0.717, 1.165) is 12.8 Å². The van der Waals surface area contributed by atoms with E-state index >= 15 is 0 Å². The number of hydrogen-bond acceptors (Lipinski definition) is 6. The third-order valence-electron chi connectivity index (χ3n) is 2.45. The van der Waals surface area contributed by atoms with Crippen LogP contribution in [0.1, 0.15) is 26.7 Å². The van der Waals surface area contributed by atoms with Gasteiger partial charge in [0, 0.05) is 24.4 Å². The summed E-state index contributed by atoms with van der Waals surface area (Å²) in [6.07, 6.45) is 1.69. The molecule has 0 fully saturated rings. The van der Waals surface area contributed by atoms with Crippen molar-refractivity contribution in [3.05, 3.63) is 24.3 Å². The Kier molecular flexibility index (Phi) is 12.1. The average Bonchev–Trinajstić information content (AvgIpc) is 2.47. The van der Waals surface area contributed by atoms with E-state index in [1.807, 2.05) is 0 Å². The molecule has 22 heavy (non-hydrogen) atoms. The van der Waals surface area contributed by atoms with Crippen LogP contribution < -0.4 is 0 Å². The summed E-state index contributed by atoms with van der Waals surface area (Å²) in [4.78, 5) is 22.1. The van der Waals surface area contributed by atoms with Crippen molar-refractivity contribution in [1.82, 2.24) is 0 Å². The molecule has 0 heterocycles. The highest BCUT2D eigenvalue weighted by Crippen LogP contribution is 1.95. The summed E-state index contributed by atoms with van der Waals surface area (Å²) in [7, 11) is 0. The lowest BCUT2D eigenvalue weighted by molar-refractivity contribution is -0.141. The standard InChI is InChI=1S/C16H26O6/c1-13(2)15(17)21-11-9-19-7-5-6-8-20-10-12-22-16(18)14(3)4/h1,3,5-12H2,2,4H3. The van der Waals surface area contributed by atoms with Gasteiger partial charge in [-0.1, -0.05) is 13.2 Å². The van der Waals surface area contributed by atoms with Crippen LogP contribution in [0, 0.1) is 0 Å². The minimum Gasteiger partial charge on any atom is -0.460 e. The topological polar surface area (TPSA) is 71.1 Å². The van der Waals surface area contributed by atoms with Crippen LogP contribution in [-0.2, 0) is 28.5 Å². The van der Waals surface area contributed by atoms with Crippen molar-refractivity contribution >= 4 is 11.9 Å². The first-order valence-electron chi connectivity index (χ1n) is 7.26. The summed E-state index contributed by atoms with van der Waals surface area (Å²) in [5.74, 6) is -0.798. The van der Waals surface area contributed by atoms with Crippen molar-refractivity contribution < 1.29 is 28.5 Å². The molecule has 126 valence electrons. The van der Waals surface area contributed by atoms with E-state index in [-0.39, 0.29) is 13.2 Å². The molecule has 0 aromatic rings. The van der Waals surface area contributed by atoms with Crippen molar-refractivity contribution in [3.8, 4) is 0 Å². The van der Waals surface area contributed by atoms with Crippen molar-refractivity contribution in [2.75, 3.05) is 39.6 Å². The molecule has 0 aliphatic carbocycles. The van der Waals surface area contributed by atoms with E-state index in [2.05, 4.69) is 13.2 Å². The van der Waals surface area contributed by atoms with E-state index in [0.29, 0.717) is 37.6 Å². The van der Waals surface area contributed by atoms with Crippen LogP contribution in [0.3, 0.4) is 0 Å². The molecule has 0 bridgehead atoms. The zero-order chi connectivity index (χ0) is 16.8. The molecular formula is C16H26O6. The Balaban J connectivity index is 3.21. The number of esters is 2. The molecule has 6 nitrogen and oxygen atoms in total. The highest BCUT2D eigenvalue weighted by atomic mass is 16.6. The predicted octanol–water partition coefficient (Wildman–Crippen LogP) is 2.04. The molecule has 0 spiro atoms. The summed E-state index contributed by atoms with van der Waals surface area (Å²) in [6, 6.07) is 0. The molecule has 0 rings (SSSR count). The Morgan fingerprint density at radius 1 is 0.682 bits per heavy atom. The van der Waals surface area contributed by atoms with Crippen molar-refractivity contribution in [2.24, 2.45) is 0 Å². The molecule has 0 aliphatic rings. The van der Waals surface area contributed by atoms with Crippen LogP contribution in [0.15, 0.2) is 24.3 Å². The van der Waals surface area contributed by atoms with E-state index in [9.17, 15) is 9.59 Å². The fourth-order valence-corrected chi connectivity index (χ4v) is 1.25. The summed E-state index contributed by atoms with van der Waals surface area (Å²) in [5.41, 5.74) is 0.761. The normalized spacial score (nSPS) is 10.1. The number of unbranched alkanes of at least 4 members (excludes halogenated alkanes) is 1. The Morgan fingerprint density at radius 2 is 1.05 bits per heavy atom. The monoisotopic (exact) mass is 314 g/mol. The minimum absolute atomic E-state index is 0.232. The Labute approximate surface area is 132 Å². The zero-order valence-electron chi connectivity index (χ0n) is 13.5. The fraction of sp³-hybridized carbons (Fsp3) is 0.625. The predicted molar refractivity (Wildman–Crippen MR) is 82.4 cm³/mol. The van der Waals surface area contributed by atoms with E-state index in [1.165, 1.54) is 0 Å². The second-order valence-corrected chi connectivity index (χ2v) is 4.76. The second kappa shape index (κ2) is 13.0. The van der Waals surface area contributed by atoms with Crippen molar-refractivity contribution in [3.63, 3.8) is 0 Å². The lowest BCUT2D eigenvalue weighted by atomic mass is 10.3. The maximum absolute atomic E-state index is 11.1. The molecule has 0 saturated heterocycles. The lowest BCUT2D eigenvalue weighted by Crippen LogP contribution is -2.12. The fourth-order valence-electron chi connectivity index (χ4n) is 1.25. The van der Waals surface area contributed by atoms with Gasteiger partial charge in [0.1, 0.15) is 13.2 Å². The van der Waals surface area contributed by atoms with E-state index in [4.69, 9.17) is 18.9 Å². The summed E-state index contributed by atoms with van der Waals surface area (Å²) in [6.45, 7) is 12.5. The average molecular weight is 314 g/mol. The quantitative estimate of drug-likeness (QED) is 0.294. The third-order valence-corrected chi connectivity index (χ3v) is 2.45. The number of rotatable bonds is 13. The van der Waals surface area contributed by atoms with Gasteiger partial charge in [0.15, 0.2) is 0 Å². The molecule has 0 aromatic heterocycles. The Morgan fingerprint density at radius 3 is 1.36 bits per heavy atom. The molecule has 0 aliphatic heterocycles. The zero-order valence-corrected chi connectivity index (χ0v) is 13.5. The number of carbonyl (C=O) groups excluding carboxylic acids is 2. The Hall–Kier alpha value is -1.66. The smallest absolute Gasteiger partial charge is 0.333 e. The van der Waals surface area contributed by atoms with Crippen molar-refractivity contribution in [1.29, 1.82) is 0 Å². The van der Waals surface area contributed by atoms with Gasteiger partial charge in [-0.3, -0.25) is 0 Å². The van der Waals surface area contributed by atoms with Gasteiger partial charge in [0.05, 0.1) is 13.2 Å². The van der Waals surface area contributed by atoms with Gasteiger partial charge in [-0.15, -0.1) is 0 Å². The summed E-state index contributed by atoms with van der Waals surface area (Å²) in [5, 5.41) is 0. The van der Waals surface area contributed by atoms with Gasteiger partial charge in [-0.05, 0) is 26.7 Å².